The van der Waals surface area contributed by atoms with Crippen molar-refractivity contribution in [2.24, 2.45) is 0 Å². The van der Waals surface area contributed by atoms with E-state index in [1.54, 1.807) is 0 Å². The molecule has 0 saturated carbocycles. The molecule has 0 fully saturated rings. The van der Waals surface area contributed by atoms with Crippen LogP contribution in [0.1, 0.15) is 17.2 Å². The molecule has 0 radical (unpaired) electrons. The maximum absolute atomic E-state index is 9.59. The Morgan fingerprint density at radius 2 is 2.00 bits per heavy atom. The number of alkyl halides is 2. The van der Waals surface area contributed by atoms with Crippen LogP contribution in [0.2, 0.25) is 0 Å². The van der Waals surface area contributed by atoms with Crippen LogP contribution < -0.4 is 0 Å². The molecule has 1 atom stereocenters. The van der Waals surface area contributed by atoms with Crippen molar-refractivity contribution in [1.29, 1.82) is 0 Å². The second kappa shape index (κ2) is 4.65. The quantitative estimate of drug-likeness (QED) is 0.823. The van der Waals surface area contributed by atoms with E-state index >= 15 is 0 Å². The second-order valence-corrected chi connectivity index (χ2v) is 4.86. The van der Waals surface area contributed by atoms with Crippen molar-refractivity contribution in [3.05, 3.63) is 33.8 Å². The molecule has 0 aliphatic heterocycles. The van der Waals surface area contributed by atoms with Crippen molar-refractivity contribution in [1.82, 2.24) is 0 Å². The topological polar surface area (TPSA) is 20.2 Å². The maximum atomic E-state index is 9.59. The predicted octanol–water partition coefficient (Wildman–Crippen LogP) is 3.59. The highest BCUT2D eigenvalue weighted by atomic mass is 79.9. The van der Waals surface area contributed by atoms with Crippen molar-refractivity contribution >= 4 is 39.1 Å². The average molecular weight is 284 g/mol. The molecule has 0 amide bonds. The van der Waals surface area contributed by atoms with Crippen molar-refractivity contribution < 1.29 is 5.11 Å². The van der Waals surface area contributed by atoms with Gasteiger partial charge in [-0.1, -0.05) is 22.0 Å². The van der Waals surface area contributed by atoms with Gasteiger partial charge in [-0.2, -0.15) is 0 Å². The Morgan fingerprint density at radius 3 is 2.46 bits per heavy atom. The van der Waals surface area contributed by atoms with E-state index in [1.807, 2.05) is 25.1 Å². The lowest BCUT2D eigenvalue weighted by atomic mass is 10.0. The Balaban J connectivity index is 3.01. The number of hydrogen-bond acceptors (Lipinski definition) is 1. The largest absolute Gasteiger partial charge is 0.386 e. The van der Waals surface area contributed by atoms with Gasteiger partial charge in [0.25, 0.3) is 0 Å². The first-order valence-electron chi connectivity index (χ1n) is 3.74. The summed E-state index contributed by atoms with van der Waals surface area (Å²) in [6, 6.07) is 5.57. The molecule has 1 nitrogen and oxygen atoms in total. The molecule has 0 aliphatic rings. The summed E-state index contributed by atoms with van der Waals surface area (Å²) in [6.45, 7) is 1.90. The number of rotatable bonds is 2. The Labute approximate surface area is 95.8 Å². The van der Waals surface area contributed by atoms with E-state index in [1.165, 1.54) is 0 Å². The number of aryl methyl sites for hydroxylation is 1. The van der Waals surface area contributed by atoms with Gasteiger partial charge in [-0.25, -0.2) is 0 Å². The SMILES string of the molecule is Cc1cc(Br)ccc1C(O)C(Cl)Cl. The van der Waals surface area contributed by atoms with Gasteiger partial charge in [0.05, 0.1) is 0 Å². The Kier molecular flexibility index (Phi) is 4.05. The lowest BCUT2D eigenvalue weighted by molar-refractivity contribution is 0.192. The van der Waals surface area contributed by atoms with E-state index in [9.17, 15) is 5.11 Å². The van der Waals surface area contributed by atoms with Crippen LogP contribution in [0.15, 0.2) is 22.7 Å². The van der Waals surface area contributed by atoms with Crippen LogP contribution in [0, 0.1) is 6.92 Å². The summed E-state index contributed by atoms with van der Waals surface area (Å²) in [4.78, 5) is -0.792. The van der Waals surface area contributed by atoms with E-state index < -0.39 is 10.9 Å². The number of halogens is 3. The Morgan fingerprint density at radius 1 is 1.38 bits per heavy atom. The Bertz CT molecular complexity index is 302. The fraction of sp³-hybridized carbons (Fsp3) is 0.333. The summed E-state index contributed by atoms with van der Waals surface area (Å²) >= 11 is 14.5. The highest BCUT2D eigenvalue weighted by molar-refractivity contribution is 9.10. The van der Waals surface area contributed by atoms with Gasteiger partial charge in [0.2, 0.25) is 0 Å². The molecule has 72 valence electrons. The molecular weight excluding hydrogens is 275 g/mol. The molecule has 1 rings (SSSR count). The summed E-state index contributed by atoms with van der Waals surface area (Å²) in [5.41, 5.74) is 1.73. The first kappa shape index (κ1) is 11.3. The zero-order valence-electron chi connectivity index (χ0n) is 6.97. The summed E-state index contributed by atoms with van der Waals surface area (Å²) in [5, 5.41) is 9.59. The number of aliphatic hydroxyl groups is 1. The van der Waals surface area contributed by atoms with E-state index in [4.69, 9.17) is 23.2 Å². The van der Waals surface area contributed by atoms with Gasteiger partial charge >= 0.3 is 0 Å². The molecule has 1 aromatic rings. The van der Waals surface area contributed by atoms with Crippen LogP contribution in [0.5, 0.6) is 0 Å². The standard InChI is InChI=1S/C9H9BrCl2O/c1-5-4-6(10)2-3-7(5)8(13)9(11)12/h2-4,8-9,13H,1H3. The van der Waals surface area contributed by atoms with Gasteiger partial charge in [0.15, 0.2) is 0 Å². The van der Waals surface area contributed by atoms with Gasteiger partial charge < -0.3 is 5.11 Å². The third kappa shape index (κ3) is 2.84. The van der Waals surface area contributed by atoms with Crippen molar-refractivity contribution in [2.75, 3.05) is 0 Å². The fourth-order valence-corrected chi connectivity index (χ4v) is 1.85. The number of aliphatic hydroxyl groups excluding tert-OH is 1. The summed E-state index contributed by atoms with van der Waals surface area (Å²) < 4.78 is 0.974. The zero-order valence-corrected chi connectivity index (χ0v) is 10.1. The van der Waals surface area contributed by atoms with Gasteiger partial charge in [0.1, 0.15) is 10.9 Å². The average Bonchev–Trinajstić information content (AvgIpc) is 2.03. The van der Waals surface area contributed by atoms with Crippen LogP contribution in [0.4, 0.5) is 0 Å². The van der Waals surface area contributed by atoms with Gasteiger partial charge in [-0.3, -0.25) is 0 Å². The highest BCUT2D eigenvalue weighted by Crippen LogP contribution is 2.27. The summed E-state index contributed by atoms with van der Waals surface area (Å²) in [6.07, 6.45) is -0.823. The smallest absolute Gasteiger partial charge is 0.137 e. The molecule has 0 aromatic heterocycles. The van der Waals surface area contributed by atoms with Crippen LogP contribution in [0.25, 0.3) is 0 Å². The molecule has 1 unspecified atom stereocenters. The lowest BCUT2D eigenvalue weighted by Crippen LogP contribution is -2.07. The minimum Gasteiger partial charge on any atom is -0.386 e. The van der Waals surface area contributed by atoms with Crippen LogP contribution in [-0.2, 0) is 0 Å². The van der Waals surface area contributed by atoms with Crippen molar-refractivity contribution in [3.63, 3.8) is 0 Å². The third-order valence-electron chi connectivity index (χ3n) is 1.79. The number of hydrogen-bond donors (Lipinski definition) is 1. The fourth-order valence-electron chi connectivity index (χ4n) is 1.11. The first-order valence-corrected chi connectivity index (χ1v) is 5.41. The molecule has 0 aliphatic carbocycles. The number of benzene rings is 1. The molecular formula is C9H9BrCl2O. The van der Waals surface area contributed by atoms with Crippen LogP contribution >= 0.6 is 39.1 Å². The first-order chi connectivity index (χ1) is 6.02. The molecule has 0 spiro atoms. The molecule has 13 heavy (non-hydrogen) atoms. The Hall–Kier alpha value is 0.240. The van der Waals surface area contributed by atoms with Crippen molar-refractivity contribution in [2.45, 2.75) is 17.9 Å². The maximum Gasteiger partial charge on any atom is 0.137 e. The molecule has 1 N–H and O–H groups in total. The van der Waals surface area contributed by atoms with E-state index in [-0.39, 0.29) is 0 Å². The van der Waals surface area contributed by atoms with Gasteiger partial charge in [0, 0.05) is 4.47 Å². The van der Waals surface area contributed by atoms with E-state index in [0.717, 1.165) is 15.6 Å². The van der Waals surface area contributed by atoms with Crippen LogP contribution in [-0.4, -0.2) is 9.94 Å². The normalized spacial score (nSPS) is 13.4. The molecule has 4 heteroatoms. The molecule has 0 bridgehead atoms. The third-order valence-corrected chi connectivity index (χ3v) is 2.76. The molecule has 1 aromatic carbocycles. The van der Waals surface area contributed by atoms with Crippen LogP contribution in [0.3, 0.4) is 0 Å². The lowest BCUT2D eigenvalue weighted by Gasteiger charge is -2.14. The van der Waals surface area contributed by atoms with Gasteiger partial charge in [-0.05, 0) is 30.2 Å². The zero-order chi connectivity index (χ0) is 10.0. The predicted molar refractivity (Wildman–Crippen MR) is 59.3 cm³/mol. The second-order valence-electron chi connectivity index (χ2n) is 2.78. The monoisotopic (exact) mass is 282 g/mol. The summed E-state index contributed by atoms with van der Waals surface area (Å²) in [5.74, 6) is 0. The minimum atomic E-state index is -0.823. The van der Waals surface area contributed by atoms with Crippen molar-refractivity contribution in [3.8, 4) is 0 Å². The minimum absolute atomic E-state index is 0.762. The van der Waals surface area contributed by atoms with E-state index in [0.29, 0.717) is 0 Å². The molecule has 0 saturated heterocycles. The van der Waals surface area contributed by atoms with Gasteiger partial charge in [-0.15, -0.1) is 23.2 Å². The highest BCUT2D eigenvalue weighted by Gasteiger charge is 2.17. The molecule has 0 heterocycles. The van der Waals surface area contributed by atoms with E-state index in [2.05, 4.69) is 15.9 Å². The summed E-state index contributed by atoms with van der Waals surface area (Å²) in [7, 11) is 0.